The molecule has 0 amide bonds. The van der Waals surface area contributed by atoms with E-state index in [1.807, 2.05) is 0 Å². The second-order valence-electron chi connectivity index (χ2n) is 15.7. The molecule has 0 heterocycles. The highest BCUT2D eigenvalue weighted by Gasteiger charge is 2.19. The zero-order valence-corrected chi connectivity index (χ0v) is 38.2. The Hall–Kier alpha value is -3.41. The Morgan fingerprint density at radius 3 is 1.19 bits per heavy atom. The highest BCUT2D eigenvalue weighted by molar-refractivity contribution is 5.71. The highest BCUT2D eigenvalue weighted by Crippen LogP contribution is 2.13. The van der Waals surface area contributed by atoms with Gasteiger partial charge in [-0.3, -0.25) is 14.4 Å². The van der Waals surface area contributed by atoms with Gasteiger partial charge in [-0.1, -0.05) is 183 Å². The van der Waals surface area contributed by atoms with Crippen molar-refractivity contribution in [1.29, 1.82) is 0 Å². The van der Waals surface area contributed by atoms with Crippen LogP contribution in [-0.2, 0) is 28.6 Å². The van der Waals surface area contributed by atoms with Gasteiger partial charge in [0, 0.05) is 19.3 Å². The molecule has 0 aromatic rings. The molecule has 0 rings (SSSR count). The van der Waals surface area contributed by atoms with Crippen molar-refractivity contribution in [2.75, 3.05) is 13.2 Å². The maximum atomic E-state index is 12.7. The maximum absolute atomic E-state index is 12.7. The van der Waals surface area contributed by atoms with Gasteiger partial charge < -0.3 is 14.2 Å². The van der Waals surface area contributed by atoms with E-state index in [-0.39, 0.29) is 37.5 Å². The molecule has 0 aliphatic heterocycles. The third-order valence-electron chi connectivity index (χ3n) is 9.88. The van der Waals surface area contributed by atoms with Gasteiger partial charge in [-0.2, -0.15) is 0 Å². The van der Waals surface area contributed by atoms with Crippen LogP contribution in [0, 0.1) is 0 Å². The van der Waals surface area contributed by atoms with Crippen LogP contribution in [0.5, 0.6) is 0 Å². The number of hydrogen-bond donors (Lipinski definition) is 0. The SMILES string of the molecule is CC/C=C\C/C=C\C/C=C\C/C=C\CCCCCCCCC(=O)OCC(COC(=O)CCCCCCC/C=C\CCCC)OC(=O)CCCCC/C=C\C=C/CCCC. The van der Waals surface area contributed by atoms with Crippen LogP contribution in [-0.4, -0.2) is 37.2 Å². The smallest absolute Gasteiger partial charge is 0.306 e. The summed E-state index contributed by atoms with van der Waals surface area (Å²) < 4.78 is 16.7. The van der Waals surface area contributed by atoms with Crippen LogP contribution in [0.4, 0.5) is 0 Å². The van der Waals surface area contributed by atoms with E-state index >= 15 is 0 Å². The van der Waals surface area contributed by atoms with Crippen LogP contribution >= 0.6 is 0 Å². The first-order valence-corrected chi connectivity index (χ1v) is 24.1. The van der Waals surface area contributed by atoms with E-state index in [0.717, 1.165) is 122 Å². The number of unbranched alkanes of at least 4 members (excludes halogenated alkanes) is 18. The lowest BCUT2D eigenvalue weighted by Crippen LogP contribution is -2.30. The number of carbonyl (C=O) groups is 3. The number of esters is 3. The number of allylic oxidation sites excluding steroid dienone is 14. The number of ether oxygens (including phenoxy) is 3. The molecule has 0 aliphatic carbocycles. The molecule has 0 saturated carbocycles. The van der Waals surface area contributed by atoms with Crippen molar-refractivity contribution in [3.63, 3.8) is 0 Å². The molecule has 0 N–H and O–H groups in total. The van der Waals surface area contributed by atoms with Gasteiger partial charge in [-0.25, -0.2) is 0 Å². The Kier molecular flexibility index (Phi) is 44.5. The standard InChI is InChI=1S/C53H88O6/c1-4-7-10-13-16-19-22-23-24-25-26-27-28-29-32-34-37-40-43-46-52(55)58-49-50(59-53(56)47-44-41-38-35-31-21-18-15-12-9-6-3)48-57-51(54)45-42-39-36-33-30-20-17-14-11-8-5-2/h7,10,14-19,21,23-24,26-27,31,50H,4-6,8-9,11-13,20,22,25,28-30,32-49H2,1-3H3/b10-7-,17-14-,18-15-,19-16-,24-23-,27-26-,31-21-. The molecule has 6 nitrogen and oxygen atoms in total. The quantitative estimate of drug-likeness (QED) is 0.0201. The largest absolute Gasteiger partial charge is 0.462 e. The van der Waals surface area contributed by atoms with Crippen molar-refractivity contribution in [1.82, 2.24) is 0 Å². The first kappa shape index (κ1) is 55.6. The third kappa shape index (κ3) is 45.5. The first-order valence-electron chi connectivity index (χ1n) is 24.1. The fourth-order valence-electron chi connectivity index (χ4n) is 6.21. The van der Waals surface area contributed by atoms with Gasteiger partial charge in [0.25, 0.3) is 0 Å². The van der Waals surface area contributed by atoms with Crippen molar-refractivity contribution < 1.29 is 28.6 Å². The highest BCUT2D eigenvalue weighted by atomic mass is 16.6. The predicted molar refractivity (Wildman–Crippen MR) is 251 cm³/mol. The van der Waals surface area contributed by atoms with Gasteiger partial charge in [-0.15, -0.1) is 0 Å². The van der Waals surface area contributed by atoms with Gasteiger partial charge in [-0.05, 0) is 96.3 Å². The second kappa shape index (κ2) is 47.3. The van der Waals surface area contributed by atoms with Crippen LogP contribution in [0.15, 0.2) is 85.1 Å². The molecular formula is C53H88O6. The van der Waals surface area contributed by atoms with Gasteiger partial charge >= 0.3 is 17.9 Å². The summed E-state index contributed by atoms with van der Waals surface area (Å²) in [6.07, 6.45) is 59.9. The van der Waals surface area contributed by atoms with Crippen molar-refractivity contribution in [3.05, 3.63) is 85.1 Å². The number of rotatable bonds is 42. The lowest BCUT2D eigenvalue weighted by atomic mass is 10.1. The minimum absolute atomic E-state index is 0.0975. The average Bonchev–Trinajstić information content (AvgIpc) is 3.23. The molecule has 0 aromatic carbocycles. The summed E-state index contributed by atoms with van der Waals surface area (Å²) in [7, 11) is 0. The third-order valence-corrected chi connectivity index (χ3v) is 9.88. The molecule has 0 radical (unpaired) electrons. The van der Waals surface area contributed by atoms with Crippen LogP contribution in [0.25, 0.3) is 0 Å². The minimum atomic E-state index is -0.798. The van der Waals surface area contributed by atoms with Gasteiger partial charge in [0.1, 0.15) is 13.2 Å². The summed E-state index contributed by atoms with van der Waals surface area (Å²) in [5, 5.41) is 0. The van der Waals surface area contributed by atoms with Crippen LogP contribution in [0.2, 0.25) is 0 Å². The molecule has 336 valence electrons. The molecule has 0 fully saturated rings. The van der Waals surface area contributed by atoms with Crippen LogP contribution in [0.3, 0.4) is 0 Å². The van der Waals surface area contributed by atoms with Crippen molar-refractivity contribution in [2.24, 2.45) is 0 Å². The van der Waals surface area contributed by atoms with E-state index < -0.39 is 6.10 Å². The normalized spacial score (nSPS) is 12.8. The molecule has 1 atom stereocenters. The van der Waals surface area contributed by atoms with Gasteiger partial charge in [0.15, 0.2) is 6.10 Å². The van der Waals surface area contributed by atoms with E-state index in [1.54, 1.807) is 0 Å². The predicted octanol–water partition coefficient (Wildman–Crippen LogP) is 15.6. The fourth-order valence-corrected chi connectivity index (χ4v) is 6.21. The lowest BCUT2D eigenvalue weighted by molar-refractivity contribution is -0.167. The average molecular weight is 821 g/mol. The first-order chi connectivity index (χ1) is 29.0. The summed E-state index contributed by atoms with van der Waals surface area (Å²) in [6.45, 7) is 6.37. The zero-order chi connectivity index (χ0) is 43.0. The number of carbonyl (C=O) groups excluding carboxylic acids is 3. The maximum Gasteiger partial charge on any atom is 0.306 e. The van der Waals surface area contributed by atoms with Crippen molar-refractivity contribution in [3.8, 4) is 0 Å². The van der Waals surface area contributed by atoms with Crippen molar-refractivity contribution >= 4 is 17.9 Å². The van der Waals surface area contributed by atoms with E-state index in [2.05, 4.69) is 106 Å². The Morgan fingerprint density at radius 2 is 0.712 bits per heavy atom. The molecule has 59 heavy (non-hydrogen) atoms. The summed E-state index contributed by atoms with van der Waals surface area (Å²) >= 11 is 0. The molecular weight excluding hydrogens is 733 g/mol. The molecule has 0 saturated heterocycles. The Balaban J connectivity index is 4.40. The van der Waals surface area contributed by atoms with E-state index in [0.29, 0.717) is 12.8 Å². The molecule has 6 heteroatoms. The molecule has 0 bridgehead atoms. The lowest BCUT2D eigenvalue weighted by Gasteiger charge is -2.18. The topological polar surface area (TPSA) is 78.9 Å². The number of hydrogen-bond acceptors (Lipinski definition) is 6. The Labute approximate surface area is 363 Å². The fraction of sp³-hybridized carbons (Fsp3) is 0.679. The Morgan fingerprint density at radius 1 is 0.373 bits per heavy atom. The molecule has 0 aromatic heterocycles. The molecule has 0 spiro atoms. The van der Waals surface area contributed by atoms with E-state index in [9.17, 15) is 14.4 Å². The summed E-state index contributed by atoms with van der Waals surface area (Å²) in [5.74, 6) is -0.955. The van der Waals surface area contributed by atoms with E-state index in [1.165, 1.54) is 51.4 Å². The summed E-state index contributed by atoms with van der Waals surface area (Å²) in [5.41, 5.74) is 0. The summed E-state index contributed by atoms with van der Waals surface area (Å²) in [4.78, 5) is 37.8. The second-order valence-corrected chi connectivity index (χ2v) is 15.7. The molecule has 1 unspecified atom stereocenters. The monoisotopic (exact) mass is 821 g/mol. The van der Waals surface area contributed by atoms with Crippen LogP contribution < -0.4 is 0 Å². The zero-order valence-electron chi connectivity index (χ0n) is 38.2. The van der Waals surface area contributed by atoms with Gasteiger partial charge in [0.05, 0.1) is 0 Å². The van der Waals surface area contributed by atoms with Gasteiger partial charge in [0.2, 0.25) is 0 Å². The van der Waals surface area contributed by atoms with E-state index in [4.69, 9.17) is 14.2 Å². The Bertz CT molecular complexity index is 1170. The molecule has 0 aliphatic rings. The van der Waals surface area contributed by atoms with Crippen LogP contribution in [0.1, 0.15) is 213 Å². The minimum Gasteiger partial charge on any atom is -0.462 e. The summed E-state index contributed by atoms with van der Waals surface area (Å²) in [6, 6.07) is 0. The van der Waals surface area contributed by atoms with Crippen molar-refractivity contribution in [2.45, 2.75) is 219 Å².